The lowest BCUT2D eigenvalue weighted by atomic mass is 10.1. The summed E-state index contributed by atoms with van der Waals surface area (Å²) in [5.74, 6) is 0.606. The third-order valence-corrected chi connectivity index (χ3v) is 19.9. The van der Waals surface area contributed by atoms with E-state index in [9.17, 15) is 0 Å². The highest BCUT2D eigenvalue weighted by Gasteiger charge is 2.66. The number of furan rings is 1. The molecule has 4 aromatic rings. The number of aromatic nitrogens is 4. The van der Waals surface area contributed by atoms with Crippen LogP contribution >= 0.6 is 0 Å². The minimum Gasteiger partial charge on any atom is -0.472 e. The second-order valence-electron chi connectivity index (χ2n) is 16.9. The first-order valence-corrected chi connectivity index (χ1v) is 22.0. The zero-order valence-electron chi connectivity index (χ0n) is 30.9. The van der Waals surface area contributed by atoms with Crippen molar-refractivity contribution in [3.8, 4) is 0 Å². The van der Waals surface area contributed by atoms with Gasteiger partial charge in [-0.1, -0.05) is 98.7 Å². The predicted octanol–water partition coefficient (Wildman–Crippen LogP) is 8.95. The number of rotatable bonds is 8. The van der Waals surface area contributed by atoms with E-state index in [0.717, 1.165) is 11.1 Å². The lowest BCUT2D eigenvalue weighted by molar-refractivity contribution is -0.0792. The fourth-order valence-electron chi connectivity index (χ4n) is 6.90. The second-order valence-corrected chi connectivity index (χ2v) is 26.4. The molecule has 264 valence electrons. The highest BCUT2D eigenvalue weighted by molar-refractivity contribution is 6.74. The van der Waals surface area contributed by atoms with Crippen LogP contribution in [-0.4, -0.2) is 61.3 Å². The van der Waals surface area contributed by atoms with Gasteiger partial charge in [0.15, 0.2) is 20.2 Å². The van der Waals surface area contributed by atoms with Crippen LogP contribution in [0.3, 0.4) is 0 Å². The number of fused-ring (bicyclic) bond motifs is 2. The van der Waals surface area contributed by atoms with Crippen molar-refractivity contribution in [1.82, 2.24) is 19.5 Å². The molecule has 12 heteroatoms. The molecule has 0 unspecified atom stereocenters. The van der Waals surface area contributed by atoms with Crippen LogP contribution in [0.2, 0.25) is 28.2 Å². The zero-order valence-corrected chi connectivity index (χ0v) is 32.9. The van der Waals surface area contributed by atoms with Crippen molar-refractivity contribution in [2.45, 2.75) is 122 Å². The molecule has 2 aliphatic heterocycles. The number of ether oxygens (including phenoxy) is 1. The Morgan fingerprint density at radius 2 is 1.69 bits per heavy atom. The largest absolute Gasteiger partial charge is 0.472 e. The van der Waals surface area contributed by atoms with Crippen molar-refractivity contribution in [2.24, 2.45) is 0 Å². The molecule has 2 saturated heterocycles. The molecule has 5 heterocycles. The monoisotopic (exact) mass is 703 g/mol. The number of hydrogen-bond acceptors (Lipinski definition) is 9. The Bertz CT molecular complexity index is 1760. The summed E-state index contributed by atoms with van der Waals surface area (Å²) in [5.41, 5.74) is 4.09. The second kappa shape index (κ2) is 12.9. The molecule has 0 bridgehead atoms. The standard InChI is InChI=1S/C37H53N5O5Si2/c1-35(2,3)48(10,11)46-31-30-28(23-44-49(47-30,36(4,5)6)37(7,8)9)45-33(31)42-32-29(41-34(42)38-21-26-19-20-43-22-26)27(39-24-40-32)18-17-25-15-13-12-14-16-25/h12-20,22,24,28,30-31,33H,21,23H2,1-11H3,(H,38,41)/b18-17+/t28-,30-,31-,33-/m1/s1. The van der Waals surface area contributed by atoms with Gasteiger partial charge in [-0.25, -0.2) is 15.0 Å². The fourth-order valence-corrected chi connectivity index (χ4v) is 13.1. The molecular formula is C37H53N5O5Si2. The van der Waals surface area contributed by atoms with E-state index < -0.39 is 29.2 Å². The normalized spacial score (nSPS) is 23.3. The Balaban J connectivity index is 1.49. The number of nitrogens with zero attached hydrogens (tertiary/aromatic N) is 4. The van der Waals surface area contributed by atoms with Gasteiger partial charge in [0, 0.05) is 22.2 Å². The van der Waals surface area contributed by atoms with Crippen molar-refractivity contribution in [1.29, 1.82) is 0 Å². The quantitative estimate of drug-likeness (QED) is 0.180. The van der Waals surface area contributed by atoms with E-state index in [1.807, 2.05) is 41.0 Å². The molecule has 0 amide bonds. The number of nitrogens with one attached hydrogen (secondary N) is 1. The van der Waals surface area contributed by atoms with E-state index in [2.05, 4.69) is 97.8 Å². The minimum absolute atomic E-state index is 0.0414. The predicted molar refractivity (Wildman–Crippen MR) is 199 cm³/mol. The molecule has 4 atom stereocenters. The average Bonchev–Trinajstić information content (AvgIpc) is 3.75. The van der Waals surface area contributed by atoms with Crippen LogP contribution in [0, 0.1) is 0 Å². The van der Waals surface area contributed by atoms with Gasteiger partial charge in [-0.05, 0) is 35.8 Å². The summed E-state index contributed by atoms with van der Waals surface area (Å²) in [6.07, 6.45) is 7.33. The summed E-state index contributed by atoms with van der Waals surface area (Å²) in [6.45, 7) is 25.7. The van der Waals surface area contributed by atoms with Gasteiger partial charge in [0.2, 0.25) is 5.95 Å². The Labute approximate surface area is 293 Å². The minimum atomic E-state index is -2.85. The first-order chi connectivity index (χ1) is 22.9. The molecule has 1 N–H and O–H groups in total. The number of imidazole rings is 1. The first-order valence-electron chi connectivity index (χ1n) is 17.3. The molecule has 0 radical (unpaired) electrons. The van der Waals surface area contributed by atoms with Crippen LogP contribution < -0.4 is 5.32 Å². The van der Waals surface area contributed by atoms with E-state index in [1.54, 1.807) is 18.9 Å². The molecule has 49 heavy (non-hydrogen) atoms. The molecule has 0 saturated carbocycles. The van der Waals surface area contributed by atoms with E-state index in [4.69, 9.17) is 32.4 Å². The van der Waals surface area contributed by atoms with Gasteiger partial charge in [0.1, 0.15) is 30.2 Å². The number of hydrogen-bond donors (Lipinski definition) is 1. The lowest BCUT2D eigenvalue weighted by Crippen LogP contribution is -2.66. The summed E-state index contributed by atoms with van der Waals surface area (Å²) in [7, 11) is -5.19. The van der Waals surface area contributed by atoms with E-state index >= 15 is 0 Å². The Morgan fingerprint density at radius 3 is 2.33 bits per heavy atom. The van der Waals surface area contributed by atoms with Crippen molar-refractivity contribution in [3.05, 3.63) is 72.1 Å². The van der Waals surface area contributed by atoms with Crippen LogP contribution in [0.4, 0.5) is 5.95 Å². The Hall–Kier alpha value is -3.14. The van der Waals surface area contributed by atoms with Crippen molar-refractivity contribution < 1.29 is 22.4 Å². The highest BCUT2D eigenvalue weighted by atomic mass is 28.4. The maximum Gasteiger partial charge on any atom is 0.349 e. The van der Waals surface area contributed by atoms with Crippen LogP contribution in [-0.2, 0) is 24.6 Å². The van der Waals surface area contributed by atoms with E-state index in [1.165, 1.54) is 0 Å². The summed E-state index contributed by atoms with van der Waals surface area (Å²) in [6, 6.07) is 12.1. The van der Waals surface area contributed by atoms with Crippen molar-refractivity contribution in [2.75, 3.05) is 11.9 Å². The third-order valence-electron chi connectivity index (χ3n) is 10.3. The average molecular weight is 704 g/mol. The van der Waals surface area contributed by atoms with Crippen LogP contribution in [0.1, 0.15) is 85.4 Å². The zero-order chi connectivity index (χ0) is 35.4. The molecule has 6 rings (SSSR count). The number of anilines is 1. The van der Waals surface area contributed by atoms with Gasteiger partial charge in [-0.2, -0.15) is 0 Å². The Morgan fingerprint density at radius 1 is 0.980 bits per heavy atom. The topological polar surface area (TPSA) is 106 Å². The summed E-state index contributed by atoms with van der Waals surface area (Å²) in [4.78, 5) is 14.6. The van der Waals surface area contributed by atoms with Crippen molar-refractivity contribution >= 4 is 46.1 Å². The molecule has 10 nitrogen and oxygen atoms in total. The van der Waals surface area contributed by atoms with Gasteiger partial charge in [-0.15, -0.1) is 0 Å². The molecule has 0 aliphatic carbocycles. The molecule has 2 fully saturated rings. The van der Waals surface area contributed by atoms with Crippen LogP contribution in [0.5, 0.6) is 0 Å². The fraction of sp³-hybridized carbons (Fsp3) is 0.541. The van der Waals surface area contributed by atoms with E-state index in [-0.39, 0.29) is 27.3 Å². The lowest BCUT2D eigenvalue weighted by Gasteiger charge is -2.54. The van der Waals surface area contributed by atoms with Gasteiger partial charge >= 0.3 is 8.56 Å². The van der Waals surface area contributed by atoms with Crippen molar-refractivity contribution in [3.63, 3.8) is 0 Å². The molecule has 3 aromatic heterocycles. The summed E-state index contributed by atoms with van der Waals surface area (Å²) < 4.78 is 36.1. The van der Waals surface area contributed by atoms with Gasteiger partial charge in [-0.3, -0.25) is 4.57 Å². The number of benzene rings is 1. The van der Waals surface area contributed by atoms with E-state index in [0.29, 0.717) is 36.0 Å². The molecular weight excluding hydrogens is 651 g/mol. The summed E-state index contributed by atoms with van der Waals surface area (Å²) in [5, 5.41) is 3.13. The Kier molecular flexibility index (Phi) is 9.38. The summed E-state index contributed by atoms with van der Waals surface area (Å²) >= 11 is 0. The van der Waals surface area contributed by atoms with Gasteiger partial charge in [0.25, 0.3) is 0 Å². The third kappa shape index (κ3) is 6.71. The highest BCUT2D eigenvalue weighted by Crippen LogP contribution is 2.57. The van der Waals surface area contributed by atoms with Gasteiger partial charge in [0.05, 0.1) is 24.8 Å². The van der Waals surface area contributed by atoms with Gasteiger partial charge < -0.3 is 27.7 Å². The maximum absolute atomic E-state index is 7.39. The van der Waals surface area contributed by atoms with Crippen LogP contribution in [0.25, 0.3) is 23.3 Å². The SMILES string of the molecule is CC(C)(C)[Si](C)(C)O[C@@H]1[C@@H]2O[Si](C(C)(C)C)(C(C)(C)C)OC[C@H]2O[C@H]1n1c(NCc2ccoc2)nc2c(/C=C/c3ccccc3)ncnc21. The maximum atomic E-state index is 7.39. The first kappa shape index (κ1) is 35.7. The molecule has 2 aliphatic rings. The molecule has 1 aromatic carbocycles. The smallest absolute Gasteiger partial charge is 0.349 e. The van der Waals surface area contributed by atoms with Crippen LogP contribution in [0.15, 0.2) is 59.7 Å². The molecule has 0 spiro atoms.